The van der Waals surface area contributed by atoms with Crippen molar-refractivity contribution < 1.29 is 4.52 Å². The van der Waals surface area contributed by atoms with Crippen molar-refractivity contribution in [3.05, 3.63) is 48.0 Å². The lowest BCUT2D eigenvalue weighted by Gasteiger charge is -2.03. The van der Waals surface area contributed by atoms with Crippen LogP contribution in [-0.4, -0.2) is 25.1 Å². The van der Waals surface area contributed by atoms with E-state index in [4.69, 9.17) is 10.3 Å². The standard InChI is InChI=1S/C14H16N6O/c1-2-9-4-3-5-17-12(9)13-19-14(21-20-13)11(15)6-10-7-16-8-18-10/h3-5,7-8,11H,2,6,15H2,1H3,(H,16,18). The Kier molecular flexibility index (Phi) is 3.74. The first-order valence-corrected chi connectivity index (χ1v) is 6.78. The summed E-state index contributed by atoms with van der Waals surface area (Å²) in [6.45, 7) is 2.06. The first-order valence-electron chi connectivity index (χ1n) is 6.78. The molecular weight excluding hydrogens is 268 g/mol. The summed E-state index contributed by atoms with van der Waals surface area (Å²) in [4.78, 5) is 15.7. The molecule has 3 heterocycles. The molecule has 0 saturated carbocycles. The van der Waals surface area contributed by atoms with Gasteiger partial charge in [0.15, 0.2) is 0 Å². The third-order valence-electron chi connectivity index (χ3n) is 3.24. The van der Waals surface area contributed by atoms with Crippen LogP contribution >= 0.6 is 0 Å². The molecule has 0 amide bonds. The molecule has 1 atom stereocenters. The highest BCUT2D eigenvalue weighted by molar-refractivity contribution is 5.53. The SMILES string of the molecule is CCc1cccnc1-c1noc(C(N)Cc2cnc[nH]2)n1. The maximum atomic E-state index is 6.08. The van der Waals surface area contributed by atoms with E-state index in [1.54, 1.807) is 18.7 Å². The van der Waals surface area contributed by atoms with Crippen LogP contribution < -0.4 is 5.73 Å². The third kappa shape index (κ3) is 2.82. The average molecular weight is 284 g/mol. The molecule has 3 rings (SSSR count). The predicted molar refractivity (Wildman–Crippen MR) is 76.1 cm³/mol. The van der Waals surface area contributed by atoms with E-state index >= 15 is 0 Å². The topological polar surface area (TPSA) is 107 Å². The lowest BCUT2D eigenvalue weighted by atomic mass is 10.1. The number of aromatic nitrogens is 5. The molecule has 0 bridgehead atoms. The second kappa shape index (κ2) is 5.84. The predicted octanol–water partition coefficient (Wildman–Crippen LogP) is 1.66. The van der Waals surface area contributed by atoms with Crippen molar-refractivity contribution in [3.8, 4) is 11.5 Å². The van der Waals surface area contributed by atoms with Crippen molar-refractivity contribution in [3.63, 3.8) is 0 Å². The fourth-order valence-electron chi connectivity index (χ4n) is 2.13. The molecule has 3 aromatic heterocycles. The Labute approximate surface area is 121 Å². The third-order valence-corrected chi connectivity index (χ3v) is 3.24. The number of imidazole rings is 1. The minimum atomic E-state index is -0.375. The van der Waals surface area contributed by atoms with Crippen molar-refractivity contribution in [2.45, 2.75) is 25.8 Å². The number of pyridine rings is 1. The zero-order valence-corrected chi connectivity index (χ0v) is 11.7. The molecule has 0 spiro atoms. The van der Waals surface area contributed by atoms with Gasteiger partial charge >= 0.3 is 0 Å². The van der Waals surface area contributed by atoms with E-state index in [2.05, 4.69) is 32.0 Å². The molecule has 0 aliphatic carbocycles. The minimum absolute atomic E-state index is 0.375. The monoisotopic (exact) mass is 284 g/mol. The molecule has 0 saturated heterocycles. The van der Waals surface area contributed by atoms with Crippen LogP contribution in [0.25, 0.3) is 11.5 Å². The van der Waals surface area contributed by atoms with E-state index < -0.39 is 0 Å². The van der Waals surface area contributed by atoms with Gasteiger partial charge in [-0.2, -0.15) is 4.98 Å². The number of H-pyrrole nitrogens is 1. The van der Waals surface area contributed by atoms with E-state index in [0.29, 0.717) is 18.1 Å². The van der Waals surface area contributed by atoms with E-state index in [0.717, 1.165) is 23.4 Å². The molecule has 3 N–H and O–H groups in total. The van der Waals surface area contributed by atoms with E-state index in [1.807, 2.05) is 12.1 Å². The van der Waals surface area contributed by atoms with Crippen molar-refractivity contribution in [2.24, 2.45) is 5.73 Å². The maximum Gasteiger partial charge on any atom is 0.244 e. The molecule has 7 heteroatoms. The fourth-order valence-corrected chi connectivity index (χ4v) is 2.13. The maximum absolute atomic E-state index is 6.08. The van der Waals surface area contributed by atoms with Crippen LogP contribution in [0.5, 0.6) is 0 Å². The molecule has 3 aromatic rings. The summed E-state index contributed by atoms with van der Waals surface area (Å²) >= 11 is 0. The molecule has 0 radical (unpaired) electrons. The summed E-state index contributed by atoms with van der Waals surface area (Å²) in [5, 5.41) is 3.99. The molecule has 0 fully saturated rings. The fraction of sp³-hybridized carbons (Fsp3) is 0.286. The zero-order chi connectivity index (χ0) is 14.7. The van der Waals surface area contributed by atoms with Gasteiger partial charge < -0.3 is 15.2 Å². The first-order chi connectivity index (χ1) is 10.3. The summed E-state index contributed by atoms with van der Waals surface area (Å²) in [6, 6.07) is 3.52. The zero-order valence-electron chi connectivity index (χ0n) is 11.7. The molecule has 0 aliphatic heterocycles. The Hall–Kier alpha value is -2.54. The highest BCUT2D eigenvalue weighted by Crippen LogP contribution is 2.21. The van der Waals surface area contributed by atoms with Crippen LogP contribution in [0.1, 0.15) is 30.1 Å². The van der Waals surface area contributed by atoms with Crippen molar-refractivity contribution in [1.29, 1.82) is 0 Å². The van der Waals surface area contributed by atoms with Crippen molar-refractivity contribution in [1.82, 2.24) is 25.1 Å². The van der Waals surface area contributed by atoms with Crippen LogP contribution in [0.3, 0.4) is 0 Å². The number of aryl methyl sites for hydroxylation is 1. The Balaban J connectivity index is 1.82. The highest BCUT2D eigenvalue weighted by atomic mass is 16.5. The van der Waals surface area contributed by atoms with Crippen LogP contribution in [-0.2, 0) is 12.8 Å². The summed E-state index contributed by atoms with van der Waals surface area (Å²) in [5.41, 5.74) is 8.82. The van der Waals surface area contributed by atoms with Gasteiger partial charge in [-0.05, 0) is 18.1 Å². The lowest BCUT2D eigenvalue weighted by Crippen LogP contribution is -2.14. The second-order valence-corrected chi connectivity index (χ2v) is 4.71. The number of nitrogens with one attached hydrogen (secondary N) is 1. The Morgan fingerprint density at radius 1 is 1.43 bits per heavy atom. The smallest absolute Gasteiger partial charge is 0.244 e. The molecule has 1 unspecified atom stereocenters. The number of rotatable bonds is 5. The number of hydrogen-bond donors (Lipinski definition) is 2. The van der Waals surface area contributed by atoms with Crippen LogP contribution in [0, 0.1) is 0 Å². The number of nitrogens with zero attached hydrogens (tertiary/aromatic N) is 4. The van der Waals surface area contributed by atoms with Gasteiger partial charge in [-0.15, -0.1) is 0 Å². The summed E-state index contributed by atoms with van der Waals surface area (Å²) in [6.07, 6.45) is 6.47. The molecule has 0 aliphatic rings. The molecule has 0 aromatic carbocycles. The van der Waals surface area contributed by atoms with Crippen LogP contribution in [0.15, 0.2) is 35.4 Å². The van der Waals surface area contributed by atoms with Crippen molar-refractivity contribution in [2.75, 3.05) is 0 Å². The van der Waals surface area contributed by atoms with Crippen LogP contribution in [0.2, 0.25) is 0 Å². The highest BCUT2D eigenvalue weighted by Gasteiger charge is 2.18. The Morgan fingerprint density at radius 3 is 3.10 bits per heavy atom. The van der Waals surface area contributed by atoms with E-state index in [1.165, 1.54) is 0 Å². The van der Waals surface area contributed by atoms with Crippen molar-refractivity contribution >= 4 is 0 Å². The van der Waals surface area contributed by atoms with Gasteiger partial charge in [-0.25, -0.2) is 4.98 Å². The lowest BCUT2D eigenvalue weighted by molar-refractivity contribution is 0.353. The summed E-state index contributed by atoms with van der Waals surface area (Å²) in [7, 11) is 0. The summed E-state index contributed by atoms with van der Waals surface area (Å²) < 4.78 is 5.27. The van der Waals surface area contributed by atoms with Gasteiger partial charge in [0.25, 0.3) is 0 Å². The first kappa shape index (κ1) is 13.4. The number of nitrogens with two attached hydrogens (primary N) is 1. The Morgan fingerprint density at radius 2 is 2.33 bits per heavy atom. The van der Waals surface area contributed by atoms with Gasteiger partial charge in [0.1, 0.15) is 5.69 Å². The molecule has 108 valence electrons. The largest absolute Gasteiger partial charge is 0.348 e. The second-order valence-electron chi connectivity index (χ2n) is 4.71. The average Bonchev–Trinajstić information content (AvgIpc) is 3.18. The van der Waals surface area contributed by atoms with Gasteiger partial charge in [-0.1, -0.05) is 18.1 Å². The van der Waals surface area contributed by atoms with E-state index in [-0.39, 0.29) is 6.04 Å². The minimum Gasteiger partial charge on any atom is -0.348 e. The van der Waals surface area contributed by atoms with E-state index in [9.17, 15) is 0 Å². The van der Waals surface area contributed by atoms with Gasteiger partial charge in [0, 0.05) is 24.5 Å². The molecule has 7 nitrogen and oxygen atoms in total. The molecular formula is C14H16N6O. The van der Waals surface area contributed by atoms with Gasteiger partial charge in [-0.3, -0.25) is 4.98 Å². The summed E-state index contributed by atoms with van der Waals surface area (Å²) in [5.74, 6) is 0.870. The van der Waals surface area contributed by atoms with Gasteiger partial charge in [0.2, 0.25) is 11.7 Å². The molecule has 21 heavy (non-hydrogen) atoms. The quantitative estimate of drug-likeness (QED) is 0.738. The Bertz CT molecular complexity index is 706. The number of hydrogen-bond acceptors (Lipinski definition) is 6. The van der Waals surface area contributed by atoms with Crippen LogP contribution in [0.4, 0.5) is 0 Å². The van der Waals surface area contributed by atoms with Gasteiger partial charge in [0.05, 0.1) is 12.4 Å². The normalized spacial score (nSPS) is 12.5. The number of aromatic amines is 1.